The topological polar surface area (TPSA) is 188 Å². The quantitative estimate of drug-likeness (QED) is 0.0917. The Balaban J connectivity index is 0.977. The van der Waals surface area contributed by atoms with Gasteiger partial charge in [0.15, 0.2) is 5.78 Å². The second kappa shape index (κ2) is 25.8. The lowest BCUT2D eigenvalue weighted by Gasteiger charge is -2.33. The lowest BCUT2D eigenvalue weighted by molar-refractivity contribution is -0.145. The number of rotatable bonds is 24. The molecule has 4 aliphatic rings. The van der Waals surface area contributed by atoms with Crippen molar-refractivity contribution in [1.82, 2.24) is 36.4 Å². The number of Topliss-reactive ketones (excluding diaryl/α,β-unsaturated/α-hetero) is 1. The highest BCUT2D eigenvalue weighted by Crippen LogP contribution is 2.36. The maximum atomic E-state index is 14.3. The van der Waals surface area contributed by atoms with Crippen molar-refractivity contribution in [2.45, 2.75) is 184 Å². The van der Waals surface area contributed by atoms with Crippen LogP contribution in [0.2, 0.25) is 0 Å². The van der Waals surface area contributed by atoms with Crippen LogP contribution in [0.3, 0.4) is 0 Å². The van der Waals surface area contributed by atoms with Crippen molar-refractivity contribution in [3.63, 3.8) is 0 Å². The SMILES string of the molecule is CN[C@@H](C)C(=O)N[C@H](C(=O)N1CCCC1C(=O)C[C@@H]1CCCc2ccccc21)[C@@H](C)OCCCCCCO[C@H](C)[C@H](NC(=O)[C@H](C)NC)C(=O)N1CCC[C@H]1C(=O)N[C@@H]1CCCc2ccccc21. The number of benzene rings is 2. The van der Waals surface area contributed by atoms with Crippen molar-refractivity contribution in [2.75, 3.05) is 40.4 Å². The fourth-order valence-electron chi connectivity index (χ4n) is 10.5. The lowest BCUT2D eigenvalue weighted by Crippen LogP contribution is -2.59. The molecule has 0 saturated carbocycles. The lowest BCUT2D eigenvalue weighted by atomic mass is 9.79. The van der Waals surface area contributed by atoms with Crippen LogP contribution < -0.4 is 26.6 Å². The van der Waals surface area contributed by atoms with Gasteiger partial charge in [0.1, 0.15) is 18.1 Å². The largest absolute Gasteiger partial charge is 0.376 e. The number of likely N-dealkylation sites (N-methyl/N-ethyl adjacent to an activating group) is 2. The smallest absolute Gasteiger partial charge is 0.248 e. The third-order valence-corrected chi connectivity index (χ3v) is 14.9. The maximum absolute atomic E-state index is 14.3. The molecule has 2 aromatic carbocycles. The van der Waals surface area contributed by atoms with E-state index in [0.29, 0.717) is 64.8 Å². The van der Waals surface area contributed by atoms with E-state index < -0.39 is 48.5 Å². The molecule has 15 nitrogen and oxygen atoms in total. The molecule has 0 aromatic heterocycles. The Morgan fingerprint density at radius 3 is 1.65 bits per heavy atom. The monoisotopic (exact) mass is 942 g/mol. The average Bonchev–Trinajstić information content (AvgIpc) is 4.06. The first-order valence-corrected chi connectivity index (χ1v) is 25.6. The van der Waals surface area contributed by atoms with Gasteiger partial charge in [-0.05, 0) is 147 Å². The summed E-state index contributed by atoms with van der Waals surface area (Å²) in [7, 11) is 3.37. The number of unbranched alkanes of at least 4 members (excludes halogenated alkanes) is 3. The van der Waals surface area contributed by atoms with Crippen LogP contribution in [-0.2, 0) is 51.1 Å². The minimum absolute atomic E-state index is 0.0785. The van der Waals surface area contributed by atoms with Crippen LogP contribution in [0.25, 0.3) is 0 Å². The molecule has 10 atom stereocenters. The number of likely N-dealkylation sites (tertiary alicyclic amines) is 2. The van der Waals surface area contributed by atoms with E-state index in [4.69, 9.17) is 9.47 Å². The zero-order chi connectivity index (χ0) is 48.7. The van der Waals surface area contributed by atoms with E-state index in [0.717, 1.165) is 63.4 Å². The molecule has 1 unspecified atom stereocenters. The Morgan fingerprint density at radius 1 is 0.603 bits per heavy atom. The molecule has 2 aromatic rings. The van der Waals surface area contributed by atoms with E-state index in [1.807, 2.05) is 18.2 Å². The predicted octanol–water partition coefficient (Wildman–Crippen LogP) is 4.80. The van der Waals surface area contributed by atoms with Gasteiger partial charge in [-0.2, -0.15) is 0 Å². The van der Waals surface area contributed by atoms with Gasteiger partial charge in [-0.25, -0.2) is 0 Å². The molecule has 2 fully saturated rings. The molecule has 374 valence electrons. The van der Waals surface area contributed by atoms with Crippen molar-refractivity contribution in [2.24, 2.45) is 0 Å². The third kappa shape index (κ3) is 13.5. The van der Waals surface area contributed by atoms with Crippen LogP contribution in [0.1, 0.15) is 145 Å². The standard InChI is InChI=1S/C53H79N7O8/c1-34(54-5)49(62)57-47(52(65)59-29-17-27-44(59)46(61)33-40-23-15-21-38-19-9-11-24-41(38)40)36(3)67-31-13-7-8-14-32-68-37(4)48(58-50(63)35(2)55-6)53(66)60-30-18-28-45(60)51(64)56-43-26-16-22-39-20-10-12-25-42(39)43/h9-12,19-20,24-25,34-37,40,43-45,47-48,54-55H,7-8,13-18,21-23,26-33H2,1-6H3,(H,56,64)(H,57,62)(H,58,63)/t34-,35-,36+,37+,40-,43+,44?,45-,47-,48-/m0/s1. The Hall–Kier alpha value is -4.70. The highest BCUT2D eigenvalue weighted by atomic mass is 16.5. The summed E-state index contributed by atoms with van der Waals surface area (Å²) in [4.78, 5) is 85.9. The Morgan fingerprint density at radius 2 is 1.09 bits per heavy atom. The second-order valence-corrected chi connectivity index (χ2v) is 19.5. The first-order valence-electron chi connectivity index (χ1n) is 25.6. The summed E-state index contributed by atoms with van der Waals surface area (Å²) in [5.74, 6) is -1.20. The number of hydrogen-bond acceptors (Lipinski definition) is 10. The van der Waals surface area contributed by atoms with E-state index in [9.17, 15) is 28.8 Å². The van der Waals surface area contributed by atoms with Gasteiger partial charge in [-0.15, -0.1) is 0 Å². The molecular formula is C53H79N7O8. The van der Waals surface area contributed by atoms with Crippen molar-refractivity contribution >= 4 is 35.3 Å². The molecular weight excluding hydrogens is 863 g/mol. The van der Waals surface area contributed by atoms with Crippen LogP contribution in [0, 0.1) is 0 Å². The van der Waals surface area contributed by atoms with Crippen LogP contribution >= 0.6 is 0 Å². The first-order chi connectivity index (χ1) is 32.8. The maximum Gasteiger partial charge on any atom is 0.248 e. The minimum atomic E-state index is -0.979. The third-order valence-electron chi connectivity index (χ3n) is 14.9. The molecule has 5 amide bonds. The molecule has 2 aliphatic carbocycles. The molecule has 2 saturated heterocycles. The number of nitrogens with one attached hydrogen (secondary N) is 5. The average molecular weight is 942 g/mol. The van der Waals surface area contributed by atoms with E-state index in [2.05, 4.69) is 56.9 Å². The normalized spacial score (nSPS) is 22.7. The Bertz CT molecular complexity index is 1890. The molecule has 0 bridgehead atoms. The minimum Gasteiger partial charge on any atom is -0.376 e. The van der Waals surface area contributed by atoms with E-state index in [1.165, 1.54) is 16.7 Å². The number of ketones is 1. The van der Waals surface area contributed by atoms with Crippen LogP contribution in [0.4, 0.5) is 0 Å². The van der Waals surface area contributed by atoms with Gasteiger partial charge >= 0.3 is 0 Å². The van der Waals surface area contributed by atoms with Gasteiger partial charge in [0.25, 0.3) is 0 Å². The van der Waals surface area contributed by atoms with E-state index in [-0.39, 0.29) is 47.3 Å². The number of nitrogens with zero attached hydrogens (tertiary/aromatic N) is 2. The van der Waals surface area contributed by atoms with Gasteiger partial charge in [0.05, 0.1) is 36.4 Å². The predicted molar refractivity (Wildman–Crippen MR) is 262 cm³/mol. The Labute approximate surface area is 404 Å². The van der Waals surface area contributed by atoms with Gasteiger partial charge in [-0.3, -0.25) is 28.8 Å². The molecule has 68 heavy (non-hydrogen) atoms. The van der Waals surface area contributed by atoms with Crippen molar-refractivity contribution in [3.05, 3.63) is 70.8 Å². The summed E-state index contributed by atoms with van der Waals surface area (Å²) < 4.78 is 12.5. The first kappa shape index (κ1) is 52.7. The summed E-state index contributed by atoms with van der Waals surface area (Å²) in [5.41, 5.74) is 4.94. The molecule has 15 heteroatoms. The van der Waals surface area contributed by atoms with Gasteiger partial charge in [-0.1, -0.05) is 61.4 Å². The number of fused-ring (bicyclic) bond motifs is 2. The Kier molecular flexibility index (Phi) is 20.0. The molecule has 0 spiro atoms. The summed E-state index contributed by atoms with van der Waals surface area (Å²) in [6.07, 6.45) is 10.6. The summed E-state index contributed by atoms with van der Waals surface area (Å²) in [6, 6.07) is 12.3. The highest BCUT2D eigenvalue weighted by Gasteiger charge is 2.43. The summed E-state index contributed by atoms with van der Waals surface area (Å²) in [6.45, 7) is 8.66. The van der Waals surface area contributed by atoms with E-state index >= 15 is 0 Å². The zero-order valence-electron chi connectivity index (χ0n) is 41.5. The van der Waals surface area contributed by atoms with Crippen LogP contribution in [0.5, 0.6) is 0 Å². The van der Waals surface area contributed by atoms with Gasteiger partial charge < -0.3 is 45.9 Å². The van der Waals surface area contributed by atoms with Crippen LogP contribution in [0.15, 0.2) is 48.5 Å². The number of carbonyl (C=O) groups is 6. The summed E-state index contributed by atoms with van der Waals surface area (Å²) in [5, 5.41) is 15.0. The van der Waals surface area contributed by atoms with Crippen molar-refractivity contribution in [1.29, 1.82) is 0 Å². The van der Waals surface area contributed by atoms with Crippen LogP contribution in [-0.4, -0.2) is 134 Å². The fourth-order valence-corrected chi connectivity index (χ4v) is 10.5. The molecule has 6 rings (SSSR count). The second-order valence-electron chi connectivity index (χ2n) is 19.5. The van der Waals surface area contributed by atoms with Crippen molar-refractivity contribution < 1.29 is 38.2 Å². The molecule has 2 aliphatic heterocycles. The van der Waals surface area contributed by atoms with Gasteiger partial charge in [0.2, 0.25) is 29.5 Å². The fraction of sp³-hybridized carbons (Fsp3) is 0.660. The summed E-state index contributed by atoms with van der Waals surface area (Å²) >= 11 is 0. The van der Waals surface area contributed by atoms with Gasteiger partial charge in [0, 0.05) is 32.7 Å². The number of aryl methyl sites for hydroxylation is 2. The molecule has 2 heterocycles. The number of carbonyl (C=O) groups excluding carboxylic acids is 6. The number of amides is 5. The highest BCUT2D eigenvalue weighted by molar-refractivity contribution is 5.95. The molecule has 5 N–H and O–H groups in total. The zero-order valence-corrected chi connectivity index (χ0v) is 41.5. The van der Waals surface area contributed by atoms with E-state index in [1.54, 1.807) is 51.6 Å². The number of ether oxygens (including phenoxy) is 2. The number of hydrogen-bond donors (Lipinski definition) is 5. The molecule has 0 radical (unpaired) electrons. The van der Waals surface area contributed by atoms with Crippen molar-refractivity contribution in [3.8, 4) is 0 Å².